The van der Waals surface area contributed by atoms with E-state index in [9.17, 15) is 0 Å². The van der Waals surface area contributed by atoms with Crippen LogP contribution in [0.25, 0.3) is 0 Å². The molecule has 0 bridgehead atoms. The van der Waals surface area contributed by atoms with Crippen LogP contribution in [0.4, 0.5) is 0 Å². The van der Waals surface area contributed by atoms with Crippen molar-refractivity contribution in [2.24, 2.45) is 0 Å². The normalized spacial score (nSPS) is 15.4. The van der Waals surface area contributed by atoms with Gasteiger partial charge in [-0.05, 0) is 44.5 Å². The highest BCUT2D eigenvalue weighted by Gasteiger charge is 2.06. The van der Waals surface area contributed by atoms with Crippen LogP contribution in [-0.4, -0.2) is 0 Å². The zero-order valence-electron chi connectivity index (χ0n) is 11.0. The van der Waals surface area contributed by atoms with Gasteiger partial charge in [-0.25, -0.2) is 0 Å². The van der Waals surface area contributed by atoms with Gasteiger partial charge in [0.05, 0.1) is 0 Å². The van der Waals surface area contributed by atoms with Crippen LogP contribution in [0.5, 0.6) is 0 Å². The minimum Gasteiger partial charge on any atom is -0.368 e. The maximum atomic E-state index is 3.31. The zero-order chi connectivity index (χ0) is 11.6. The summed E-state index contributed by atoms with van der Waals surface area (Å²) in [4.78, 5) is 0. The van der Waals surface area contributed by atoms with Crippen LogP contribution in [-0.2, 0) is 0 Å². The van der Waals surface area contributed by atoms with Crippen LogP contribution < -0.4 is 5.32 Å². The van der Waals surface area contributed by atoms with Crippen molar-refractivity contribution in [3.63, 3.8) is 0 Å². The Morgan fingerprint density at radius 3 is 1.81 bits per heavy atom. The van der Waals surface area contributed by atoms with E-state index in [1.54, 1.807) is 11.1 Å². The second-order valence-corrected chi connectivity index (χ2v) is 4.86. The number of allylic oxidation sites excluding steroid dienone is 2. The topological polar surface area (TPSA) is 12.0 Å². The van der Waals surface area contributed by atoms with Gasteiger partial charge in [0.2, 0.25) is 0 Å². The summed E-state index contributed by atoms with van der Waals surface area (Å²) in [5.41, 5.74) is 3.20. The van der Waals surface area contributed by atoms with E-state index >= 15 is 0 Å². The SMILES string of the molecule is CCCCCC1=CNC=C(CCCCC)C1. The third-order valence-electron chi connectivity index (χ3n) is 3.23. The second kappa shape index (κ2) is 8.43. The molecule has 1 nitrogen and oxygen atoms in total. The van der Waals surface area contributed by atoms with E-state index in [-0.39, 0.29) is 0 Å². The lowest BCUT2D eigenvalue weighted by atomic mass is 9.96. The number of rotatable bonds is 8. The Labute approximate surface area is 101 Å². The first-order valence-corrected chi connectivity index (χ1v) is 6.98. The standard InChI is InChI=1S/C15H27N/c1-3-5-7-9-14-11-15(13-16-12-14)10-8-6-4-2/h12-13,16H,3-11H2,1-2H3. The molecular formula is C15H27N. The van der Waals surface area contributed by atoms with Crippen LogP contribution >= 0.6 is 0 Å². The fourth-order valence-corrected chi connectivity index (χ4v) is 2.20. The summed E-state index contributed by atoms with van der Waals surface area (Å²) in [6.07, 6.45) is 16.3. The molecule has 0 radical (unpaired) electrons. The molecule has 1 N–H and O–H groups in total. The summed E-state index contributed by atoms with van der Waals surface area (Å²) in [5, 5.41) is 3.31. The molecule has 1 heterocycles. The molecule has 1 aliphatic heterocycles. The highest BCUT2D eigenvalue weighted by Crippen LogP contribution is 2.23. The lowest BCUT2D eigenvalue weighted by Gasteiger charge is -2.16. The molecule has 1 aliphatic rings. The predicted molar refractivity (Wildman–Crippen MR) is 72.2 cm³/mol. The third-order valence-corrected chi connectivity index (χ3v) is 3.23. The molecular weight excluding hydrogens is 194 g/mol. The highest BCUT2D eigenvalue weighted by atomic mass is 14.8. The second-order valence-electron chi connectivity index (χ2n) is 4.86. The Bertz CT molecular complexity index is 214. The molecule has 0 spiro atoms. The van der Waals surface area contributed by atoms with Crippen molar-refractivity contribution in [3.8, 4) is 0 Å². The van der Waals surface area contributed by atoms with Gasteiger partial charge in [-0.2, -0.15) is 0 Å². The van der Waals surface area contributed by atoms with Crippen molar-refractivity contribution in [1.82, 2.24) is 5.32 Å². The molecule has 0 aromatic carbocycles. The monoisotopic (exact) mass is 221 g/mol. The van der Waals surface area contributed by atoms with Crippen LogP contribution in [0.2, 0.25) is 0 Å². The third kappa shape index (κ3) is 5.39. The van der Waals surface area contributed by atoms with Crippen LogP contribution in [0.1, 0.15) is 71.6 Å². The molecule has 16 heavy (non-hydrogen) atoms. The number of hydrogen-bond donors (Lipinski definition) is 1. The minimum atomic E-state index is 1.22. The van der Waals surface area contributed by atoms with E-state index in [0.29, 0.717) is 0 Å². The van der Waals surface area contributed by atoms with Gasteiger partial charge in [0.25, 0.3) is 0 Å². The fraction of sp³-hybridized carbons (Fsp3) is 0.733. The van der Waals surface area contributed by atoms with E-state index < -0.39 is 0 Å². The molecule has 0 amide bonds. The fourth-order valence-electron chi connectivity index (χ4n) is 2.20. The van der Waals surface area contributed by atoms with Gasteiger partial charge >= 0.3 is 0 Å². The van der Waals surface area contributed by atoms with E-state index in [1.807, 2.05) is 0 Å². The minimum absolute atomic E-state index is 1.22. The molecule has 1 rings (SSSR count). The Morgan fingerprint density at radius 2 is 1.38 bits per heavy atom. The molecule has 0 atom stereocenters. The molecule has 0 aromatic rings. The van der Waals surface area contributed by atoms with Gasteiger partial charge in [0, 0.05) is 0 Å². The zero-order valence-corrected chi connectivity index (χ0v) is 11.0. The van der Waals surface area contributed by atoms with Gasteiger partial charge in [0.15, 0.2) is 0 Å². The van der Waals surface area contributed by atoms with E-state index in [2.05, 4.69) is 31.6 Å². The number of nitrogens with one attached hydrogen (secondary N) is 1. The van der Waals surface area contributed by atoms with Gasteiger partial charge in [-0.1, -0.05) is 50.7 Å². The smallest absolute Gasteiger partial charge is 0.0000366 e. The Balaban J connectivity index is 2.18. The summed E-state index contributed by atoms with van der Waals surface area (Å²) in [7, 11) is 0. The molecule has 1 heteroatoms. The van der Waals surface area contributed by atoms with Gasteiger partial charge in [-0.15, -0.1) is 0 Å². The maximum Gasteiger partial charge on any atom is -0.0000366 e. The first-order chi connectivity index (χ1) is 7.86. The number of unbranched alkanes of at least 4 members (excludes halogenated alkanes) is 4. The van der Waals surface area contributed by atoms with Crippen molar-refractivity contribution in [2.75, 3.05) is 0 Å². The molecule has 0 saturated carbocycles. The molecule has 0 saturated heterocycles. The van der Waals surface area contributed by atoms with Crippen molar-refractivity contribution >= 4 is 0 Å². The molecule has 0 fully saturated rings. The van der Waals surface area contributed by atoms with Crippen molar-refractivity contribution < 1.29 is 0 Å². The summed E-state index contributed by atoms with van der Waals surface area (Å²) in [6, 6.07) is 0. The van der Waals surface area contributed by atoms with Gasteiger partial charge in [-0.3, -0.25) is 0 Å². The quantitative estimate of drug-likeness (QED) is 0.574. The van der Waals surface area contributed by atoms with E-state index in [0.717, 1.165) is 0 Å². The van der Waals surface area contributed by atoms with Crippen LogP contribution in [0.15, 0.2) is 23.5 Å². The highest BCUT2D eigenvalue weighted by molar-refractivity contribution is 5.20. The van der Waals surface area contributed by atoms with Gasteiger partial charge in [0.1, 0.15) is 0 Å². The molecule has 92 valence electrons. The largest absolute Gasteiger partial charge is 0.368 e. The first kappa shape index (κ1) is 13.3. The van der Waals surface area contributed by atoms with Crippen LogP contribution in [0, 0.1) is 0 Å². The van der Waals surface area contributed by atoms with E-state index in [1.165, 1.54) is 57.8 Å². The number of hydrogen-bond acceptors (Lipinski definition) is 1. The summed E-state index contributed by atoms with van der Waals surface area (Å²) < 4.78 is 0. The van der Waals surface area contributed by atoms with Gasteiger partial charge < -0.3 is 5.32 Å². The molecule has 0 aliphatic carbocycles. The Morgan fingerprint density at radius 1 is 0.875 bits per heavy atom. The lowest BCUT2D eigenvalue weighted by Crippen LogP contribution is -2.06. The summed E-state index contributed by atoms with van der Waals surface area (Å²) >= 11 is 0. The van der Waals surface area contributed by atoms with Crippen molar-refractivity contribution in [3.05, 3.63) is 23.5 Å². The Kier molecular flexibility index (Phi) is 7.03. The Hall–Kier alpha value is -0.720. The van der Waals surface area contributed by atoms with Crippen molar-refractivity contribution in [2.45, 2.75) is 71.6 Å². The molecule has 0 unspecified atom stereocenters. The van der Waals surface area contributed by atoms with E-state index in [4.69, 9.17) is 0 Å². The van der Waals surface area contributed by atoms with Crippen LogP contribution in [0.3, 0.4) is 0 Å². The summed E-state index contributed by atoms with van der Waals surface area (Å²) in [6.45, 7) is 4.53. The maximum absolute atomic E-state index is 3.31. The predicted octanol–water partition coefficient (Wildman–Crippen LogP) is 4.91. The summed E-state index contributed by atoms with van der Waals surface area (Å²) in [5.74, 6) is 0. The number of dihydropyridines is 1. The molecule has 0 aromatic heterocycles. The average Bonchev–Trinajstić information content (AvgIpc) is 2.30. The van der Waals surface area contributed by atoms with Crippen molar-refractivity contribution in [1.29, 1.82) is 0 Å². The lowest BCUT2D eigenvalue weighted by molar-refractivity contribution is 0.671. The first-order valence-electron chi connectivity index (χ1n) is 6.98. The average molecular weight is 221 g/mol.